The summed E-state index contributed by atoms with van der Waals surface area (Å²) < 4.78 is 33.6. The van der Waals surface area contributed by atoms with Crippen LogP contribution in [0.3, 0.4) is 0 Å². The maximum Gasteiger partial charge on any atom is 0.320 e. The Morgan fingerprint density at radius 2 is 2.26 bits per heavy atom. The standard InChI is InChI=1S/C12H23NO5S/c1-3-5-13-11(10-4-6-18-7-10)8-19(15,16)9-12(14)17-2/h10-11,13H,3-9H2,1-2H3. The van der Waals surface area contributed by atoms with Crippen LogP contribution in [0.5, 0.6) is 0 Å². The number of rotatable bonds is 8. The van der Waals surface area contributed by atoms with Gasteiger partial charge in [0.15, 0.2) is 9.84 Å². The fraction of sp³-hybridized carbons (Fsp3) is 0.917. The molecule has 2 atom stereocenters. The summed E-state index contributed by atoms with van der Waals surface area (Å²) in [7, 11) is -2.26. The molecule has 0 bridgehead atoms. The van der Waals surface area contributed by atoms with Gasteiger partial charge in [-0.2, -0.15) is 0 Å². The molecule has 19 heavy (non-hydrogen) atoms. The van der Waals surface area contributed by atoms with Gasteiger partial charge >= 0.3 is 5.97 Å². The van der Waals surface area contributed by atoms with Crippen LogP contribution in [0.25, 0.3) is 0 Å². The molecule has 0 radical (unpaired) electrons. The lowest BCUT2D eigenvalue weighted by molar-refractivity contribution is -0.137. The summed E-state index contributed by atoms with van der Waals surface area (Å²) in [6, 6.07) is -0.155. The fourth-order valence-electron chi connectivity index (χ4n) is 2.13. The van der Waals surface area contributed by atoms with Crippen LogP contribution in [0.4, 0.5) is 0 Å². The van der Waals surface area contributed by atoms with Crippen LogP contribution in [0.2, 0.25) is 0 Å². The first-order valence-corrected chi connectivity index (χ1v) is 8.39. The Morgan fingerprint density at radius 3 is 2.79 bits per heavy atom. The average Bonchev–Trinajstić information content (AvgIpc) is 2.87. The Morgan fingerprint density at radius 1 is 1.53 bits per heavy atom. The minimum absolute atomic E-state index is 0.0455. The third-order valence-corrected chi connectivity index (χ3v) is 4.73. The van der Waals surface area contributed by atoms with Gasteiger partial charge in [-0.25, -0.2) is 8.42 Å². The van der Waals surface area contributed by atoms with Gasteiger partial charge in [0.25, 0.3) is 0 Å². The maximum atomic E-state index is 11.9. The van der Waals surface area contributed by atoms with Crippen molar-refractivity contribution in [2.45, 2.75) is 25.8 Å². The molecule has 0 aromatic rings. The number of carbonyl (C=O) groups is 1. The number of nitrogens with one attached hydrogen (secondary N) is 1. The number of sulfone groups is 1. The van der Waals surface area contributed by atoms with E-state index in [-0.39, 0.29) is 17.7 Å². The van der Waals surface area contributed by atoms with Gasteiger partial charge in [-0.1, -0.05) is 6.92 Å². The quantitative estimate of drug-likeness (QED) is 0.633. The largest absolute Gasteiger partial charge is 0.468 e. The second kappa shape index (κ2) is 7.81. The van der Waals surface area contributed by atoms with Crippen molar-refractivity contribution in [3.63, 3.8) is 0 Å². The summed E-state index contributed by atoms with van der Waals surface area (Å²) in [4.78, 5) is 11.1. The summed E-state index contributed by atoms with van der Waals surface area (Å²) in [5, 5.41) is 3.25. The molecule has 0 aliphatic carbocycles. The molecule has 1 N–H and O–H groups in total. The van der Waals surface area contributed by atoms with E-state index < -0.39 is 21.6 Å². The van der Waals surface area contributed by atoms with Crippen molar-refractivity contribution in [2.24, 2.45) is 5.92 Å². The van der Waals surface area contributed by atoms with Crippen molar-refractivity contribution in [2.75, 3.05) is 38.4 Å². The van der Waals surface area contributed by atoms with Crippen molar-refractivity contribution >= 4 is 15.8 Å². The zero-order chi connectivity index (χ0) is 14.3. The van der Waals surface area contributed by atoms with Gasteiger partial charge in [-0.3, -0.25) is 4.79 Å². The first kappa shape index (κ1) is 16.4. The second-order valence-electron chi connectivity index (χ2n) is 4.81. The third-order valence-electron chi connectivity index (χ3n) is 3.19. The average molecular weight is 293 g/mol. The second-order valence-corrected chi connectivity index (χ2v) is 6.92. The Kier molecular flexibility index (Phi) is 6.74. The Labute approximate surface area is 114 Å². The minimum Gasteiger partial charge on any atom is -0.468 e. The summed E-state index contributed by atoms with van der Waals surface area (Å²) in [6.07, 6.45) is 1.79. The molecule has 0 spiro atoms. The highest BCUT2D eigenvalue weighted by Crippen LogP contribution is 2.18. The van der Waals surface area contributed by atoms with Gasteiger partial charge < -0.3 is 14.8 Å². The van der Waals surface area contributed by atoms with E-state index in [0.717, 1.165) is 19.4 Å². The lowest BCUT2D eigenvalue weighted by Crippen LogP contribution is -2.43. The molecule has 1 heterocycles. The molecule has 0 saturated carbocycles. The Bertz CT molecular complexity index is 376. The molecule has 0 aromatic carbocycles. The summed E-state index contributed by atoms with van der Waals surface area (Å²) in [5.41, 5.74) is 0. The van der Waals surface area contributed by atoms with Crippen LogP contribution < -0.4 is 5.32 Å². The molecular weight excluding hydrogens is 270 g/mol. The lowest BCUT2D eigenvalue weighted by atomic mass is 10.0. The highest BCUT2D eigenvalue weighted by atomic mass is 32.2. The molecule has 0 aromatic heterocycles. The Balaban J connectivity index is 2.61. The maximum absolute atomic E-state index is 11.9. The molecule has 0 amide bonds. The van der Waals surface area contributed by atoms with E-state index in [4.69, 9.17) is 4.74 Å². The van der Waals surface area contributed by atoms with Gasteiger partial charge in [0, 0.05) is 18.6 Å². The van der Waals surface area contributed by atoms with Crippen molar-refractivity contribution < 1.29 is 22.7 Å². The minimum atomic E-state index is -3.45. The number of esters is 1. The van der Waals surface area contributed by atoms with Gasteiger partial charge in [0.2, 0.25) is 0 Å². The normalized spacial score (nSPS) is 21.3. The molecular formula is C12H23NO5S. The predicted molar refractivity (Wildman–Crippen MR) is 71.7 cm³/mol. The first-order valence-electron chi connectivity index (χ1n) is 6.57. The zero-order valence-corrected chi connectivity index (χ0v) is 12.4. The summed E-state index contributed by atoms with van der Waals surface area (Å²) in [6.45, 7) is 4.04. The monoisotopic (exact) mass is 293 g/mol. The molecule has 6 nitrogen and oxygen atoms in total. The molecule has 1 fully saturated rings. The lowest BCUT2D eigenvalue weighted by Gasteiger charge is -2.23. The highest BCUT2D eigenvalue weighted by molar-refractivity contribution is 7.92. The third kappa shape index (κ3) is 5.88. The van der Waals surface area contributed by atoms with Gasteiger partial charge in [-0.15, -0.1) is 0 Å². The number of ether oxygens (including phenoxy) is 2. The van der Waals surface area contributed by atoms with Gasteiger partial charge in [0.1, 0.15) is 5.75 Å². The van der Waals surface area contributed by atoms with E-state index in [1.807, 2.05) is 6.92 Å². The Hall–Kier alpha value is -0.660. The van der Waals surface area contributed by atoms with Crippen LogP contribution in [0.1, 0.15) is 19.8 Å². The predicted octanol–water partition coefficient (Wildman–Crippen LogP) is -0.0211. The number of carbonyl (C=O) groups excluding carboxylic acids is 1. The van der Waals surface area contributed by atoms with E-state index >= 15 is 0 Å². The molecule has 1 aliphatic rings. The van der Waals surface area contributed by atoms with E-state index in [0.29, 0.717) is 13.2 Å². The van der Waals surface area contributed by atoms with E-state index in [9.17, 15) is 13.2 Å². The van der Waals surface area contributed by atoms with Crippen LogP contribution in [-0.2, 0) is 24.1 Å². The number of hydrogen-bond donors (Lipinski definition) is 1. The number of hydrogen-bond acceptors (Lipinski definition) is 6. The van der Waals surface area contributed by atoms with Crippen molar-refractivity contribution in [1.82, 2.24) is 5.32 Å². The molecule has 7 heteroatoms. The van der Waals surface area contributed by atoms with Crippen molar-refractivity contribution in [3.05, 3.63) is 0 Å². The smallest absolute Gasteiger partial charge is 0.320 e. The topological polar surface area (TPSA) is 81.7 Å². The summed E-state index contributed by atoms with van der Waals surface area (Å²) in [5.74, 6) is -1.12. The molecule has 1 rings (SSSR count). The van der Waals surface area contributed by atoms with Gasteiger partial charge in [0.05, 0.1) is 19.5 Å². The fourth-order valence-corrected chi connectivity index (χ4v) is 3.66. The SMILES string of the molecule is CCCNC(CS(=O)(=O)CC(=O)OC)C1CCOC1. The summed E-state index contributed by atoms with van der Waals surface area (Å²) >= 11 is 0. The van der Waals surface area contributed by atoms with Crippen LogP contribution in [-0.4, -0.2) is 58.8 Å². The number of methoxy groups -OCH3 is 1. The van der Waals surface area contributed by atoms with Crippen LogP contribution in [0.15, 0.2) is 0 Å². The highest BCUT2D eigenvalue weighted by Gasteiger charge is 2.30. The van der Waals surface area contributed by atoms with Crippen LogP contribution >= 0.6 is 0 Å². The molecule has 2 unspecified atom stereocenters. The van der Waals surface area contributed by atoms with Crippen LogP contribution in [0, 0.1) is 5.92 Å². The first-order chi connectivity index (χ1) is 8.98. The zero-order valence-electron chi connectivity index (χ0n) is 11.6. The van der Waals surface area contributed by atoms with E-state index in [1.165, 1.54) is 7.11 Å². The molecule has 112 valence electrons. The van der Waals surface area contributed by atoms with Crippen molar-refractivity contribution in [1.29, 1.82) is 0 Å². The van der Waals surface area contributed by atoms with Gasteiger partial charge in [-0.05, 0) is 19.4 Å². The molecule has 1 saturated heterocycles. The van der Waals surface area contributed by atoms with E-state index in [1.54, 1.807) is 0 Å². The van der Waals surface area contributed by atoms with E-state index in [2.05, 4.69) is 10.1 Å². The van der Waals surface area contributed by atoms with Crippen molar-refractivity contribution in [3.8, 4) is 0 Å². The molecule has 1 aliphatic heterocycles.